The third-order valence-corrected chi connectivity index (χ3v) is 4.65. The quantitative estimate of drug-likeness (QED) is 0.871. The SMILES string of the molecule is CCCN(CCC)C(=O)c1cnn2c1NC(c1ccccn1)CC2C. The Morgan fingerprint density at radius 2 is 2.08 bits per heavy atom. The number of aromatic nitrogens is 3. The molecule has 0 aliphatic carbocycles. The molecule has 0 fully saturated rings. The predicted molar refractivity (Wildman–Crippen MR) is 98.6 cm³/mol. The first-order chi connectivity index (χ1) is 12.2. The molecule has 1 aliphatic rings. The van der Waals surface area contributed by atoms with Crippen LogP contribution in [0, 0.1) is 0 Å². The maximum atomic E-state index is 13.0. The van der Waals surface area contributed by atoms with Crippen LogP contribution in [-0.4, -0.2) is 38.7 Å². The summed E-state index contributed by atoms with van der Waals surface area (Å²) in [4.78, 5) is 19.4. The minimum absolute atomic E-state index is 0.0614. The summed E-state index contributed by atoms with van der Waals surface area (Å²) in [6.07, 6.45) is 6.32. The number of nitrogens with zero attached hydrogens (tertiary/aromatic N) is 4. The Labute approximate surface area is 149 Å². The molecule has 25 heavy (non-hydrogen) atoms. The predicted octanol–water partition coefficient (Wildman–Crippen LogP) is 3.66. The van der Waals surface area contributed by atoms with E-state index in [0.29, 0.717) is 5.56 Å². The van der Waals surface area contributed by atoms with Gasteiger partial charge in [0.15, 0.2) is 0 Å². The molecule has 1 aliphatic heterocycles. The minimum atomic E-state index is 0.0614. The number of carbonyl (C=O) groups is 1. The lowest BCUT2D eigenvalue weighted by Gasteiger charge is -2.31. The van der Waals surface area contributed by atoms with Crippen molar-refractivity contribution in [3.05, 3.63) is 41.9 Å². The van der Waals surface area contributed by atoms with Crippen molar-refractivity contribution < 1.29 is 4.79 Å². The van der Waals surface area contributed by atoms with Crippen molar-refractivity contribution in [1.29, 1.82) is 0 Å². The smallest absolute Gasteiger partial charge is 0.259 e. The number of amides is 1. The van der Waals surface area contributed by atoms with Gasteiger partial charge >= 0.3 is 0 Å². The van der Waals surface area contributed by atoms with Crippen LogP contribution in [0.2, 0.25) is 0 Å². The first-order valence-electron chi connectivity index (χ1n) is 9.19. The highest BCUT2D eigenvalue weighted by molar-refractivity contribution is 5.98. The zero-order chi connectivity index (χ0) is 17.8. The third kappa shape index (κ3) is 3.52. The molecule has 0 aromatic carbocycles. The minimum Gasteiger partial charge on any atom is -0.361 e. The maximum absolute atomic E-state index is 13.0. The van der Waals surface area contributed by atoms with E-state index in [2.05, 4.69) is 36.2 Å². The molecule has 134 valence electrons. The Morgan fingerprint density at radius 1 is 1.32 bits per heavy atom. The zero-order valence-corrected chi connectivity index (χ0v) is 15.3. The van der Waals surface area contributed by atoms with E-state index >= 15 is 0 Å². The molecule has 1 amide bonds. The van der Waals surface area contributed by atoms with E-state index in [0.717, 1.165) is 43.9 Å². The second kappa shape index (κ2) is 7.68. The van der Waals surface area contributed by atoms with E-state index < -0.39 is 0 Å². The molecule has 0 spiro atoms. The van der Waals surface area contributed by atoms with Crippen molar-refractivity contribution in [2.75, 3.05) is 18.4 Å². The number of anilines is 1. The molecular formula is C19H27N5O. The van der Waals surface area contributed by atoms with Gasteiger partial charge in [-0.05, 0) is 38.3 Å². The number of fused-ring (bicyclic) bond motifs is 1. The Bertz CT molecular complexity index is 706. The second-order valence-electron chi connectivity index (χ2n) is 6.68. The van der Waals surface area contributed by atoms with Gasteiger partial charge in [0.05, 0.1) is 24.0 Å². The van der Waals surface area contributed by atoms with Gasteiger partial charge in [0, 0.05) is 19.3 Å². The molecule has 2 aromatic rings. The van der Waals surface area contributed by atoms with Gasteiger partial charge in [-0.3, -0.25) is 9.78 Å². The molecule has 6 heteroatoms. The van der Waals surface area contributed by atoms with Crippen molar-refractivity contribution >= 4 is 11.7 Å². The second-order valence-corrected chi connectivity index (χ2v) is 6.68. The summed E-state index contributed by atoms with van der Waals surface area (Å²) >= 11 is 0. The van der Waals surface area contributed by atoms with E-state index in [1.54, 1.807) is 6.20 Å². The fraction of sp³-hybridized carbons (Fsp3) is 0.526. The molecule has 0 saturated heterocycles. The van der Waals surface area contributed by atoms with Gasteiger partial charge in [0.2, 0.25) is 0 Å². The van der Waals surface area contributed by atoms with Crippen LogP contribution in [0.5, 0.6) is 0 Å². The van der Waals surface area contributed by atoms with Gasteiger partial charge in [0.25, 0.3) is 5.91 Å². The summed E-state index contributed by atoms with van der Waals surface area (Å²) < 4.78 is 1.93. The number of rotatable bonds is 6. The summed E-state index contributed by atoms with van der Waals surface area (Å²) in [7, 11) is 0. The van der Waals surface area contributed by atoms with Crippen LogP contribution in [0.3, 0.4) is 0 Å². The van der Waals surface area contributed by atoms with E-state index in [4.69, 9.17) is 0 Å². The van der Waals surface area contributed by atoms with Crippen LogP contribution in [0.4, 0.5) is 5.82 Å². The molecule has 3 heterocycles. The highest BCUT2D eigenvalue weighted by atomic mass is 16.2. The maximum Gasteiger partial charge on any atom is 0.259 e. The molecule has 2 unspecified atom stereocenters. The fourth-order valence-electron chi connectivity index (χ4n) is 3.46. The van der Waals surface area contributed by atoms with Crippen molar-refractivity contribution in [2.24, 2.45) is 0 Å². The first-order valence-corrected chi connectivity index (χ1v) is 9.19. The highest BCUT2D eigenvalue weighted by Gasteiger charge is 2.31. The molecule has 1 N–H and O–H groups in total. The summed E-state index contributed by atoms with van der Waals surface area (Å²) in [5, 5.41) is 7.98. The van der Waals surface area contributed by atoms with Crippen molar-refractivity contribution in [3.63, 3.8) is 0 Å². The number of carbonyl (C=O) groups excluding carboxylic acids is 1. The van der Waals surface area contributed by atoms with Crippen LogP contribution in [0.15, 0.2) is 30.6 Å². The lowest BCUT2D eigenvalue weighted by atomic mass is 10.0. The molecular weight excluding hydrogens is 314 g/mol. The van der Waals surface area contributed by atoms with Crippen LogP contribution >= 0.6 is 0 Å². The van der Waals surface area contributed by atoms with Crippen molar-refractivity contribution in [1.82, 2.24) is 19.7 Å². The summed E-state index contributed by atoms with van der Waals surface area (Å²) in [6.45, 7) is 7.88. The molecule has 2 atom stereocenters. The molecule has 0 saturated carbocycles. The normalized spacial score (nSPS) is 19.2. The van der Waals surface area contributed by atoms with Crippen LogP contribution in [0.1, 0.15) is 68.2 Å². The van der Waals surface area contributed by atoms with Gasteiger partial charge in [-0.15, -0.1) is 0 Å². The largest absolute Gasteiger partial charge is 0.361 e. The Hall–Kier alpha value is -2.37. The number of hydrogen-bond acceptors (Lipinski definition) is 4. The van der Waals surface area contributed by atoms with E-state index in [9.17, 15) is 4.79 Å². The Balaban J connectivity index is 1.89. The lowest BCUT2D eigenvalue weighted by molar-refractivity contribution is 0.0756. The van der Waals surface area contributed by atoms with E-state index in [1.165, 1.54) is 0 Å². The summed E-state index contributed by atoms with van der Waals surface area (Å²) in [5.74, 6) is 0.878. The molecule has 2 aromatic heterocycles. The van der Waals surface area contributed by atoms with Gasteiger partial charge in [0.1, 0.15) is 11.4 Å². The standard InChI is InChI=1S/C19H27N5O/c1-4-10-23(11-5-2)19(25)15-13-21-24-14(3)12-17(22-18(15)24)16-8-6-7-9-20-16/h6-9,13-14,17,22H,4-5,10-12H2,1-3H3. The molecule has 3 rings (SSSR count). The van der Waals surface area contributed by atoms with Crippen LogP contribution in [0.25, 0.3) is 0 Å². The molecule has 0 bridgehead atoms. The highest BCUT2D eigenvalue weighted by Crippen LogP contribution is 2.36. The summed E-state index contributed by atoms with van der Waals surface area (Å²) in [5.41, 5.74) is 1.66. The number of hydrogen-bond donors (Lipinski definition) is 1. The average molecular weight is 341 g/mol. The molecule has 0 radical (unpaired) electrons. The van der Waals surface area contributed by atoms with Crippen molar-refractivity contribution in [3.8, 4) is 0 Å². The number of pyridine rings is 1. The van der Waals surface area contributed by atoms with Gasteiger partial charge in [-0.1, -0.05) is 19.9 Å². The number of nitrogens with one attached hydrogen (secondary N) is 1. The van der Waals surface area contributed by atoms with Crippen molar-refractivity contribution in [2.45, 2.75) is 52.1 Å². The third-order valence-electron chi connectivity index (χ3n) is 4.65. The topological polar surface area (TPSA) is 63.1 Å². The molecule has 6 nitrogen and oxygen atoms in total. The van der Waals surface area contributed by atoms with Gasteiger partial charge < -0.3 is 10.2 Å². The zero-order valence-electron chi connectivity index (χ0n) is 15.3. The Morgan fingerprint density at radius 3 is 2.72 bits per heavy atom. The lowest BCUT2D eigenvalue weighted by Crippen LogP contribution is -2.34. The van der Waals surface area contributed by atoms with Crippen LogP contribution < -0.4 is 5.32 Å². The van der Waals surface area contributed by atoms with E-state index in [1.807, 2.05) is 34.0 Å². The average Bonchev–Trinajstić information content (AvgIpc) is 3.06. The monoisotopic (exact) mass is 341 g/mol. The van der Waals surface area contributed by atoms with E-state index in [-0.39, 0.29) is 18.0 Å². The summed E-state index contributed by atoms with van der Waals surface area (Å²) in [6, 6.07) is 6.26. The van der Waals surface area contributed by atoms with Gasteiger partial charge in [-0.2, -0.15) is 5.10 Å². The van der Waals surface area contributed by atoms with Crippen LogP contribution in [-0.2, 0) is 0 Å². The fourth-order valence-corrected chi connectivity index (χ4v) is 3.46. The van der Waals surface area contributed by atoms with Gasteiger partial charge in [-0.25, -0.2) is 4.68 Å². The first kappa shape index (κ1) is 17.5. The Kier molecular flexibility index (Phi) is 5.36.